The van der Waals surface area contributed by atoms with Crippen molar-refractivity contribution in [1.82, 2.24) is 20.2 Å². The number of para-hydroxylation sites is 1. The lowest BCUT2D eigenvalue weighted by atomic mass is 9.97. The van der Waals surface area contributed by atoms with E-state index in [-0.39, 0.29) is 18.1 Å². The van der Waals surface area contributed by atoms with Crippen LogP contribution in [0, 0.1) is 5.92 Å². The SMILES string of the molecule is C[C@H]1CCCN(CC(C)(C)NC(=O)COc2ncnc3ccccc23)C1. The number of piperidine rings is 1. The number of carbonyl (C=O) groups excluding carboxylic acids is 1. The Bertz CT molecular complexity index is 757. The predicted molar refractivity (Wildman–Crippen MR) is 102 cm³/mol. The molecule has 0 aliphatic carbocycles. The molecular formula is C20H28N4O2. The van der Waals surface area contributed by atoms with Gasteiger partial charge in [0, 0.05) is 18.6 Å². The molecule has 3 rings (SSSR count). The molecule has 1 fully saturated rings. The molecule has 1 aliphatic rings. The van der Waals surface area contributed by atoms with Crippen molar-refractivity contribution in [1.29, 1.82) is 0 Å². The van der Waals surface area contributed by atoms with Crippen molar-refractivity contribution in [2.24, 2.45) is 5.92 Å². The summed E-state index contributed by atoms with van der Waals surface area (Å²) in [5, 5.41) is 3.90. The van der Waals surface area contributed by atoms with Crippen LogP contribution >= 0.6 is 0 Å². The van der Waals surface area contributed by atoms with Gasteiger partial charge in [-0.15, -0.1) is 0 Å². The molecule has 0 saturated carbocycles. The quantitative estimate of drug-likeness (QED) is 0.862. The Morgan fingerprint density at radius 1 is 1.35 bits per heavy atom. The van der Waals surface area contributed by atoms with Crippen molar-refractivity contribution >= 4 is 16.8 Å². The molecule has 6 heteroatoms. The molecule has 1 aromatic heterocycles. The number of benzene rings is 1. The Labute approximate surface area is 155 Å². The first kappa shape index (κ1) is 18.6. The molecule has 0 unspecified atom stereocenters. The van der Waals surface area contributed by atoms with Crippen molar-refractivity contribution in [2.75, 3.05) is 26.2 Å². The summed E-state index contributed by atoms with van der Waals surface area (Å²) >= 11 is 0. The van der Waals surface area contributed by atoms with Gasteiger partial charge >= 0.3 is 0 Å². The van der Waals surface area contributed by atoms with Gasteiger partial charge in [-0.25, -0.2) is 9.97 Å². The number of rotatable bonds is 6. The van der Waals surface area contributed by atoms with E-state index in [9.17, 15) is 4.79 Å². The van der Waals surface area contributed by atoms with E-state index < -0.39 is 0 Å². The second-order valence-corrected chi connectivity index (χ2v) is 7.90. The van der Waals surface area contributed by atoms with Crippen LogP contribution in [-0.2, 0) is 4.79 Å². The minimum absolute atomic E-state index is 0.0547. The topological polar surface area (TPSA) is 67.4 Å². The highest BCUT2D eigenvalue weighted by atomic mass is 16.5. The highest BCUT2D eigenvalue weighted by Crippen LogP contribution is 2.21. The minimum Gasteiger partial charge on any atom is -0.467 e. The van der Waals surface area contributed by atoms with Gasteiger partial charge in [-0.2, -0.15) is 0 Å². The molecule has 2 heterocycles. The van der Waals surface area contributed by atoms with Crippen LogP contribution in [-0.4, -0.2) is 52.6 Å². The Balaban J connectivity index is 1.54. The van der Waals surface area contributed by atoms with Crippen molar-refractivity contribution in [3.63, 3.8) is 0 Å². The Kier molecular flexibility index (Phi) is 5.71. The van der Waals surface area contributed by atoms with Gasteiger partial charge in [0.05, 0.1) is 10.9 Å². The zero-order valence-electron chi connectivity index (χ0n) is 15.9. The molecule has 0 radical (unpaired) electrons. The van der Waals surface area contributed by atoms with Crippen LogP contribution < -0.4 is 10.1 Å². The predicted octanol–water partition coefficient (Wildman–Crippen LogP) is 2.64. The fraction of sp³-hybridized carbons (Fsp3) is 0.550. The third kappa shape index (κ3) is 4.91. The summed E-state index contributed by atoms with van der Waals surface area (Å²) in [6, 6.07) is 7.61. The molecule has 1 amide bonds. The maximum Gasteiger partial charge on any atom is 0.258 e. The molecule has 1 N–H and O–H groups in total. The van der Waals surface area contributed by atoms with Crippen LogP contribution in [0.4, 0.5) is 0 Å². The third-order valence-corrected chi connectivity index (χ3v) is 4.68. The van der Waals surface area contributed by atoms with Gasteiger partial charge in [0.25, 0.3) is 5.91 Å². The zero-order valence-corrected chi connectivity index (χ0v) is 15.9. The number of nitrogens with one attached hydrogen (secondary N) is 1. The van der Waals surface area contributed by atoms with Crippen molar-refractivity contribution in [3.05, 3.63) is 30.6 Å². The maximum atomic E-state index is 12.4. The van der Waals surface area contributed by atoms with E-state index in [0.29, 0.717) is 5.88 Å². The number of likely N-dealkylation sites (tertiary alicyclic amines) is 1. The lowest BCUT2D eigenvalue weighted by molar-refractivity contribution is -0.125. The number of hydrogen-bond acceptors (Lipinski definition) is 5. The highest BCUT2D eigenvalue weighted by Gasteiger charge is 2.26. The van der Waals surface area contributed by atoms with Crippen molar-refractivity contribution in [2.45, 2.75) is 39.2 Å². The van der Waals surface area contributed by atoms with Gasteiger partial charge in [0.2, 0.25) is 5.88 Å². The van der Waals surface area contributed by atoms with E-state index >= 15 is 0 Å². The second-order valence-electron chi connectivity index (χ2n) is 7.90. The van der Waals surface area contributed by atoms with E-state index in [1.165, 1.54) is 19.2 Å². The number of hydrogen-bond donors (Lipinski definition) is 1. The van der Waals surface area contributed by atoms with E-state index in [0.717, 1.165) is 36.5 Å². The van der Waals surface area contributed by atoms with Crippen LogP contribution in [0.3, 0.4) is 0 Å². The van der Waals surface area contributed by atoms with Gasteiger partial charge < -0.3 is 15.0 Å². The summed E-state index contributed by atoms with van der Waals surface area (Å²) < 4.78 is 5.66. The van der Waals surface area contributed by atoms with E-state index in [2.05, 4.69) is 41.0 Å². The molecule has 6 nitrogen and oxygen atoms in total. The molecule has 26 heavy (non-hydrogen) atoms. The van der Waals surface area contributed by atoms with Crippen molar-refractivity contribution in [3.8, 4) is 5.88 Å². The van der Waals surface area contributed by atoms with Gasteiger partial charge in [-0.1, -0.05) is 19.1 Å². The summed E-state index contributed by atoms with van der Waals surface area (Å²) in [4.78, 5) is 23.2. The van der Waals surface area contributed by atoms with Crippen LogP contribution in [0.1, 0.15) is 33.6 Å². The zero-order chi connectivity index (χ0) is 18.6. The molecule has 140 valence electrons. The molecule has 1 aromatic carbocycles. The molecular weight excluding hydrogens is 328 g/mol. The Morgan fingerprint density at radius 3 is 2.96 bits per heavy atom. The number of fused-ring (bicyclic) bond motifs is 1. The van der Waals surface area contributed by atoms with E-state index in [1.807, 2.05) is 24.3 Å². The lowest BCUT2D eigenvalue weighted by Crippen LogP contribution is -2.54. The van der Waals surface area contributed by atoms with Gasteiger partial charge in [-0.05, 0) is 51.3 Å². The third-order valence-electron chi connectivity index (χ3n) is 4.68. The van der Waals surface area contributed by atoms with Crippen LogP contribution in [0.25, 0.3) is 10.9 Å². The maximum absolute atomic E-state index is 12.4. The largest absolute Gasteiger partial charge is 0.467 e. The molecule has 1 atom stereocenters. The first-order chi connectivity index (χ1) is 12.4. The molecule has 1 saturated heterocycles. The minimum atomic E-state index is -0.300. The van der Waals surface area contributed by atoms with Crippen molar-refractivity contribution < 1.29 is 9.53 Å². The smallest absolute Gasteiger partial charge is 0.258 e. The highest BCUT2D eigenvalue weighted by molar-refractivity contribution is 5.84. The summed E-state index contributed by atoms with van der Waals surface area (Å²) in [7, 11) is 0. The average Bonchev–Trinajstić information content (AvgIpc) is 2.59. The van der Waals surface area contributed by atoms with Crippen LogP contribution in [0.15, 0.2) is 30.6 Å². The number of ether oxygens (including phenoxy) is 1. The Morgan fingerprint density at radius 2 is 2.15 bits per heavy atom. The molecule has 1 aliphatic heterocycles. The molecule has 2 aromatic rings. The van der Waals surface area contributed by atoms with Crippen LogP contribution in [0.5, 0.6) is 5.88 Å². The number of amides is 1. The van der Waals surface area contributed by atoms with Gasteiger partial charge in [0.15, 0.2) is 6.61 Å². The summed E-state index contributed by atoms with van der Waals surface area (Å²) in [5.74, 6) is 1.03. The monoisotopic (exact) mass is 356 g/mol. The standard InChI is InChI=1S/C20H28N4O2/c1-15-7-6-10-24(11-15)13-20(2,3)23-18(25)12-26-19-16-8-4-5-9-17(16)21-14-22-19/h4-5,8-9,14-15H,6-7,10-13H2,1-3H3,(H,23,25)/t15-/m0/s1. The lowest BCUT2D eigenvalue weighted by Gasteiger charge is -2.37. The normalized spacial score (nSPS) is 18.7. The van der Waals surface area contributed by atoms with E-state index in [4.69, 9.17) is 4.74 Å². The summed E-state index contributed by atoms with van der Waals surface area (Å²) in [5.41, 5.74) is 0.503. The van der Waals surface area contributed by atoms with Crippen LogP contribution in [0.2, 0.25) is 0 Å². The summed E-state index contributed by atoms with van der Waals surface area (Å²) in [6.45, 7) is 9.41. The molecule has 0 spiro atoms. The number of aromatic nitrogens is 2. The first-order valence-electron chi connectivity index (χ1n) is 9.29. The van der Waals surface area contributed by atoms with Gasteiger partial charge in [0.1, 0.15) is 6.33 Å². The van der Waals surface area contributed by atoms with Gasteiger partial charge in [-0.3, -0.25) is 4.79 Å². The van der Waals surface area contributed by atoms with E-state index in [1.54, 1.807) is 0 Å². The Hall–Kier alpha value is -2.21. The fourth-order valence-corrected chi connectivity index (χ4v) is 3.67. The molecule has 0 bridgehead atoms. The number of nitrogens with zero attached hydrogens (tertiary/aromatic N) is 3. The average molecular weight is 356 g/mol. The number of carbonyl (C=O) groups is 1. The summed E-state index contributed by atoms with van der Waals surface area (Å²) in [6.07, 6.45) is 3.98. The fourth-order valence-electron chi connectivity index (χ4n) is 3.67. The first-order valence-corrected chi connectivity index (χ1v) is 9.29. The second kappa shape index (κ2) is 7.99.